The topological polar surface area (TPSA) is 79.2 Å². The number of likely N-dealkylation sites (N-methyl/N-ethyl adjacent to an activating group) is 1. The minimum absolute atomic E-state index is 0.187. The van der Waals surface area contributed by atoms with E-state index >= 15 is 0 Å². The number of benzene rings is 1. The predicted octanol–water partition coefficient (Wildman–Crippen LogP) is 2.06. The highest BCUT2D eigenvalue weighted by atomic mass is 19.1. The van der Waals surface area contributed by atoms with Crippen LogP contribution in [0.1, 0.15) is 16.3 Å². The number of hydrogen-bond acceptors (Lipinski definition) is 4. The van der Waals surface area contributed by atoms with Gasteiger partial charge in [0.05, 0.1) is 11.0 Å². The second-order valence-electron chi connectivity index (χ2n) is 5.77. The Labute approximate surface area is 142 Å². The predicted molar refractivity (Wildman–Crippen MR) is 89.7 cm³/mol. The van der Waals surface area contributed by atoms with Gasteiger partial charge in [0.1, 0.15) is 17.3 Å². The molecule has 0 unspecified atom stereocenters. The quantitative estimate of drug-likeness (QED) is 0.618. The number of aromatic amines is 1. The van der Waals surface area contributed by atoms with E-state index in [1.54, 1.807) is 47.1 Å². The first-order valence-corrected chi connectivity index (χ1v) is 7.79. The molecule has 0 saturated heterocycles. The average Bonchev–Trinajstić information content (AvgIpc) is 3.21. The van der Waals surface area contributed by atoms with E-state index in [0.29, 0.717) is 41.3 Å². The minimum atomic E-state index is -0.310. The molecule has 1 amide bonds. The molecule has 25 heavy (non-hydrogen) atoms. The third-order valence-electron chi connectivity index (χ3n) is 3.98. The minimum Gasteiger partial charge on any atom is -0.342 e. The molecule has 0 radical (unpaired) electrons. The first kappa shape index (κ1) is 15.3. The Kier molecular flexibility index (Phi) is 3.64. The molecule has 1 N–H and O–H groups in total. The number of rotatable bonds is 4. The van der Waals surface area contributed by atoms with Gasteiger partial charge in [-0.3, -0.25) is 9.20 Å². The second kappa shape index (κ2) is 5.97. The van der Waals surface area contributed by atoms with Crippen LogP contribution in [0.3, 0.4) is 0 Å². The molecule has 0 bridgehead atoms. The zero-order chi connectivity index (χ0) is 17.4. The van der Waals surface area contributed by atoms with Crippen molar-refractivity contribution >= 4 is 22.7 Å². The van der Waals surface area contributed by atoms with Crippen LogP contribution >= 0.6 is 0 Å². The number of fused-ring (bicyclic) bond motifs is 2. The summed E-state index contributed by atoms with van der Waals surface area (Å²) in [6.45, 7) is 0.461. The fourth-order valence-corrected chi connectivity index (χ4v) is 2.66. The zero-order valence-electron chi connectivity index (χ0n) is 13.5. The maximum atomic E-state index is 13.2. The molecular formula is C17H15FN6O. The summed E-state index contributed by atoms with van der Waals surface area (Å²) in [6, 6.07) is 6.19. The van der Waals surface area contributed by atoms with Crippen molar-refractivity contribution in [2.75, 3.05) is 13.6 Å². The van der Waals surface area contributed by atoms with Gasteiger partial charge in [-0.15, -0.1) is 0 Å². The van der Waals surface area contributed by atoms with E-state index in [0.717, 1.165) is 0 Å². The Hall–Kier alpha value is -3.29. The monoisotopic (exact) mass is 338 g/mol. The number of aromatic nitrogens is 5. The zero-order valence-corrected chi connectivity index (χ0v) is 13.5. The lowest BCUT2D eigenvalue weighted by Crippen LogP contribution is -2.29. The summed E-state index contributed by atoms with van der Waals surface area (Å²) < 4.78 is 14.9. The van der Waals surface area contributed by atoms with Crippen molar-refractivity contribution in [3.8, 4) is 0 Å². The third kappa shape index (κ3) is 2.93. The van der Waals surface area contributed by atoms with Gasteiger partial charge in [0, 0.05) is 38.6 Å². The Morgan fingerprint density at radius 2 is 2.24 bits per heavy atom. The Morgan fingerprint density at radius 3 is 3.08 bits per heavy atom. The van der Waals surface area contributed by atoms with Gasteiger partial charge in [-0.05, 0) is 24.3 Å². The number of carbonyl (C=O) groups is 1. The van der Waals surface area contributed by atoms with Crippen LogP contribution in [-0.2, 0) is 6.42 Å². The lowest BCUT2D eigenvalue weighted by molar-refractivity contribution is 0.0791. The molecule has 3 aromatic heterocycles. The summed E-state index contributed by atoms with van der Waals surface area (Å²) in [4.78, 5) is 29.9. The first-order valence-electron chi connectivity index (χ1n) is 7.79. The van der Waals surface area contributed by atoms with Crippen LogP contribution in [0.25, 0.3) is 16.8 Å². The summed E-state index contributed by atoms with van der Waals surface area (Å²) in [5.74, 6) is 0.693. The van der Waals surface area contributed by atoms with Crippen LogP contribution in [0.4, 0.5) is 4.39 Å². The first-order chi connectivity index (χ1) is 12.1. The lowest BCUT2D eigenvalue weighted by atomic mass is 10.3. The van der Waals surface area contributed by atoms with E-state index in [9.17, 15) is 9.18 Å². The van der Waals surface area contributed by atoms with E-state index < -0.39 is 0 Å². The van der Waals surface area contributed by atoms with E-state index in [-0.39, 0.29) is 11.7 Å². The Morgan fingerprint density at radius 1 is 1.36 bits per heavy atom. The molecule has 0 spiro atoms. The van der Waals surface area contributed by atoms with Gasteiger partial charge in [0.15, 0.2) is 0 Å². The summed E-state index contributed by atoms with van der Waals surface area (Å²) in [5.41, 5.74) is 1.69. The van der Waals surface area contributed by atoms with Gasteiger partial charge >= 0.3 is 0 Å². The van der Waals surface area contributed by atoms with Crippen molar-refractivity contribution < 1.29 is 9.18 Å². The molecule has 4 aromatic rings. The number of H-pyrrole nitrogens is 1. The number of nitrogens with zero attached hydrogens (tertiary/aromatic N) is 5. The van der Waals surface area contributed by atoms with Crippen LogP contribution in [0, 0.1) is 5.82 Å². The summed E-state index contributed by atoms with van der Waals surface area (Å²) in [7, 11) is 1.71. The van der Waals surface area contributed by atoms with Gasteiger partial charge in [-0.2, -0.15) is 0 Å². The van der Waals surface area contributed by atoms with Crippen molar-refractivity contribution in [1.82, 2.24) is 29.2 Å². The van der Waals surface area contributed by atoms with Crippen molar-refractivity contribution in [3.05, 3.63) is 60.2 Å². The highest BCUT2D eigenvalue weighted by molar-refractivity contribution is 5.92. The largest absolute Gasteiger partial charge is 0.342 e. The van der Waals surface area contributed by atoms with E-state index in [1.807, 2.05) is 0 Å². The molecule has 0 aliphatic rings. The molecule has 0 saturated carbocycles. The molecule has 4 rings (SSSR count). The highest BCUT2D eigenvalue weighted by Crippen LogP contribution is 2.13. The number of nitrogens with one attached hydrogen (secondary N) is 1. The van der Waals surface area contributed by atoms with Crippen LogP contribution in [0.5, 0.6) is 0 Å². The van der Waals surface area contributed by atoms with Crippen molar-refractivity contribution in [2.24, 2.45) is 0 Å². The average molecular weight is 338 g/mol. The fourth-order valence-electron chi connectivity index (χ4n) is 2.66. The molecule has 0 atom stereocenters. The molecule has 1 aromatic carbocycles. The summed E-state index contributed by atoms with van der Waals surface area (Å²) >= 11 is 0. The highest BCUT2D eigenvalue weighted by Gasteiger charge is 2.16. The molecule has 0 fully saturated rings. The molecule has 0 aliphatic carbocycles. The molecule has 0 aliphatic heterocycles. The number of halogens is 1. The van der Waals surface area contributed by atoms with Gasteiger partial charge in [-0.1, -0.05) is 0 Å². The van der Waals surface area contributed by atoms with E-state index in [1.165, 1.54) is 12.1 Å². The smallest absolute Gasteiger partial charge is 0.273 e. The fraction of sp³-hybridized carbons (Fsp3) is 0.176. The normalized spacial score (nSPS) is 11.3. The summed E-state index contributed by atoms with van der Waals surface area (Å²) in [5, 5.41) is 0. The SMILES string of the molecule is CN(CCc1nc2ccc(F)cc2[nH]1)C(=O)c1cn2cccnc2n1. The van der Waals surface area contributed by atoms with Crippen molar-refractivity contribution in [2.45, 2.75) is 6.42 Å². The Balaban J connectivity index is 1.46. The van der Waals surface area contributed by atoms with Crippen LogP contribution in [0.2, 0.25) is 0 Å². The van der Waals surface area contributed by atoms with E-state index in [4.69, 9.17) is 0 Å². The number of imidazole rings is 2. The molecule has 3 heterocycles. The van der Waals surface area contributed by atoms with Crippen LogP contribution in [-0.4, -0.2) is 48.7 Å². The Bertz CT molecular complexity index is 1040. The molecule has 126 valence electrons. The number of amides is 1. The van der Waals surface area contributed by atoms with Gasteiger partial charge < -0.3 is 9.88 Å². The maximum Gasteiger partial charge on any atom is 0.273 e. The standard InChI is InChI=1S/C17H15FN6O/c1-23(16(25)14-10-24-7-2-6-19-17(24)22-14)8-5-15-20-12-4-3-11(18)9-13(12)21-15/h2-4,6-7,9-10H,5,8H2,1H3,(H,20,21). The van der Waals surface area contributed by atoms with Crippen molar-refractivity contribution in [3.63, 3.8) is 0 Å². The van der Waals surface area contributed by atoms with Crippen LogP contribution < -0.4 is 0 Å². The third-order valence-corrected chi connectivity index (χ3v) is 3.98. The van der Waals surface area contributed by atoms with Gasteiger partial charge in [0.2, 0.25) is 5.78 Å². The van der Waals surface area contributed by atoms with Gasteiger partial charge in [0.25, 0.3) is 5.91 Å². The molecule has 8 heteroatoms. The maximum absolute atomic E-state index is 13.2. The van der Waals surface area contributed by atoms with Gasteiger partial charge in [-0.25, -0.2) is 19.3 Å². The van der Waals surface area contributed by atoms with E-state index in [2.05, 4.69) is 19.9 Å². The van der Waals surface area contributed by atoms with Crippen LogP contribution in [0.15, 0.2) is 42.9 Å². The second-order valence-corrected chi connectivity index (χ2v) is 5.77. The molecular weight excluding hydrogens is 323 g/mol. The number of hydrogen-bond donors (Lipinski definition) is 1. The van der Waals surface area contributed by atoms with Crippen molar-refractivity contribution in [1.29, 1.82) is 0 Å². The molecule has 7 nitrogen and oxygen atoms in total. The lowest BCUT2D eigenvalue weighted by Gasteiger charge is -2.14. The number of carbonyl (C=O) groups excluding carboxylic acids is 1. The summed E-state index contributed by atoms with van der Waals surface area (Å²) in [6.07, 6.45) is 5.61.